The normalized spacial score (nSPS) is 35.3. The molecule has 0 bridgehead atoms. The van der Waals surface area contributed by atoms with Gasteiger partial charge in [-0.1, -0.05) is 33.1 Å². The first-order valence-electron chi connectivity index (χ1n) is 8.19. The van der Waals surface area contributed by atoms with E-state index in [0.717, 1.165) is 50.6 Å². The topological polar surface area (TPSA) is 41.1 Å². The molecule has 3 nitrogen and oxygen atoms in total. The number of hydrogen-bond donors (Lipinski definition) is 2. The maximum Gasteiger partial charge on any atom is 0.240 e. The van der Waals surface area contributed by atoms with E-state index in [-0.39, 0.29) is 11.4 Å². The molecule has 19 heavy (non-hydrogen) atoms. The lowest BCUT2D eigenvalue weighted by atomic mass is 9.81. The molecule has 2 aliphatic rings. The zero-order valence-corrected chi connectivity index (χ0v) is 12.6. The van der Waals surface area contributed by atoms with Crippen molar-refractivity contribution in [2.45, 2.75) is 70.8 Å². The van der Waals surface area contributed by atoms with E-state index in [1.165, 1.54) is 25.7 Å². The molecule has 2 rings (SSSR count). The summed E-state index contributed by atoms with van der Waals surface area (Å²) in [5.41, 5.74) is -0.264. The number of carbonyl (C=O) groups excluding carboxylic acids is 1. The fourth-order valence-corrected chi connectivity index (χ4v) is 3.84. The first-order chi connectivity index (χ1) is 9.16. The SMILES string of the molecule is CCC1(C(=O)NCCC2CCCC(C)C2)CCCN1. The molecule has 1 aliphatic carbocycles. The lowest BCUT2D eigenvalue weighted by molar-refractivity contribution is -0.127. The molecule has 1 saturated heterocycles. The lowest BCUT2D eigenvalue weighted by Crippen LogP contribution is -2.53. The van der Waals surface area contributed by atoms with Crippen molar-refractivity contribution in [1.29, 1.82) is 0 Å². The molecule has 0 aromatic heterocycles. The highest BCUT2D eigenvalue weighted by atomic mass is 16.2. The summed E-state index contributed by atoms with van der Waals surface area (Å²) < 4.78 is 0. The van der Waals surface area contributed by atoms with Gasteiger partial charge in [-0.25, -0.2) is 0 Å². The highest BCUT2D eigenvalue weighted by Gasteiger charge is 2.38. The van der Waals surface area contributed by atoms with Crippen LogP contribution in [0.25, 0.3) is 0 Å². The minimum Gasteiger partial charge on any atom is -0.354 e. The van der Waals surface area contributed by atoms with Crippen molar-refractivity contribution < 1.29 is 4.79 Å². The van der Waals surface area contributed by atoms with E-state index in [9.17, 15) is 4.79 Å². The van der Waals surface area contributed by atoms with Gasteiger partial charge in [0.2, 0.25) is 5.91 Å². The van der Waals surface area contributed by atoms with Crippen molar-refractivity contribution in [3.05, 3.63) is 0 Å². The zero-order valence-electron chi connectivity index (χ0n) is 12.6. The summed E-state index contributed by atoms with van der Waals surface area (Å²) in [5, 5.41) is 6.58. The smallest absolute Gasteiger partial charge is 0.240 e. The van der Waals surface area contributed by atoms with Crippen LogP contribution in [0.3, 0.4) is 0 Å². The Kier molecular flexibility index (Phi) is 5.26. The van der Waals surface area contributed by atoms with Gasteiger partial charge in [-0.15, -0.1) is 0 Å². The first-order valence-corrected chi connectivity index (χ1v) is 8.19. The molecule has 3 atom stereocenters. The molecule has 2 N–H and O–H groups in total. The number of carbonyl (C=O) groups is 1. The van der Waals surface area contributed by atoms with Gasteiger partial charge >= 0.3 is 0 Å². The quantitative estimate of drug-likeness (QED) is 0.803. The summed E-state index contributed by atoms with van der Waals surface area (Å²) >= 11 is 0. The van der Waals surface area contributed by atoms with Crippen LogP contribution in [-0.4, -0.2) is 24.5 Å². The van der Waals surface area contributed by atoms with Crippen molar-refractivity contribution in [2.24, 2.45) is 11.8 Å². The van der Waals surface area contributed by atoms with Gasteiger partial charge in [0.25, 0.3) is 0 Å². The summed E-state index contributed by atoms with van der Waals surface area (Å²) in [5.74, 6) is 1.95. The zero-order chi connectivity index (χ0) is 13.7. The fourth-order valence-electron chi connectivity index (χ4n) is 3.84. The number of rotatable bonds is 5. The van der Waals surface area contributed by atoms with Crippen molar-refractivity contribution in [1.82, 2.24) is 10.6 Å². The highest BCUT2D eigenvalue weighted by molar-refractivity contribution is 5.86. The maximum absolute atomic E-state index is 12.3. The fraction of sp³-hybridized carbons (Fsp3) is 0.938. The third-order valence-electron chi connectivity index (χ3n) is 5.17. The van der Waals surface area contributed by atoms with Crippen LogP contribution in [0.4, 0.5) is 0 Å². The Labute approximate surface area is 117 Å². The van der Waals surface area contributed by atoms with Gasteiger partial charge in [-0.05, 0) is 50.5 Å². The first kappa shape index (κ1) is 14.8. The molecule has 0 spiro atoms. The maximum atomic E-state index is 12.3. The molecule has 0 radical (unpaired) electrons. The van der Waals surface area contributed by atoms with Gasteiger partial charge in [-0.3, -0.25) is 4.79 Å². The average Bonchev–Trinajstić information content (AvgIpc) is 2.89. The molecule has 3 unspecified atom stereocenters. The second-order valence-electron chi connectivity index (χ2n) is 6.65. The van der Waals surface area contributed by atoms with Crippen LogP contribution in [0.1, 0.15) is 65.2 Å². The molecule has 0 aromatic carbocycles. The largest absolute Gasteiger partial charge is 0.354 e. The molecule has 1 heterocycles. The second-order valence-corrected chi connectivity index (χ2v) is 6.65. The van der Waals surface area contributed by atoms with Crippen LogP contribution in [0.5, 0.6) is 0 Å². The Bertz CT molecular complexity index is 297. The van der Waals surface area contributed by atoms with Crippen molar-refractivity contribution >= 4 is 5.91 Å². The van der Waals surface area contributed by atoms with E-state index >= 15 is 0 Å². The Balaban J connectivity index is 1.71. The van der Waals surface area contributed by atoms with Crippen molar-refractivity contribution in [3.8, 4) is 0 Å². The Morgan fingerprint density at radius 3 is 2.84 bits per heavy atom. The summed E-state index contributed by atoms with van der Waals surface area (Å²) in [6, 6.07) is 0. The van der Waals surface area contributed by atoms with Gasteiger partial charge in [0.1, 0.15) is 0 Å². The lowest BCUT2D eigenvalue weighted by Gasteiger charge is -2.29. The summed E-state index contributed by atoms with van der Waals surface area (Å²) in [7, 11) is 0. The molecule has 1 aliphatic heterocycles. The number of hydrogen-bond acceptors (Lipinski definition) is 2. The molecular weight excluding hydrogens is 236 g/mol. The third kappa shape index (κ3) is 3.71. The molecule has 1 amide bonds. The van der Waals surface area contributed by atoms with Crippen LogP contribution in [0.2, 0.25) is 0 Å². The molecule has 110 valence electrons. The van der Waals surface area contributed by atoms with Gasteiger partial charge in [-0.2, -0.15) is 0 Å². The molecule has 0 aromatic rings. The molecule has 3 heteroatoms. The Hall–Kier alpha value is -0.570. The van der Waals surface area contributed by atoms with Crippen LogP contribution in [0.15, 0.2) is 0 Å². The average molecular weight is 266 g/mol. The number of nitrogens with one attached hydrogen (secondary N) is 2. The predicted molar refractivity (Wildman–Crippen MR) is 79.0 cm³/mol. The third-order valence-corrected chi connectivity index (χ3v) is 5.17. The van der Waals surface area contributed by atoms with Crippen LogP contribution in [0, 0.1) is 11.8 Å². The summed E-state index contributed by atoms with van der Waals surface area (Å²) in [6.07, 6.45) is 9.67. The van der Waals surface area contributed by atoms with E-state index in [4.69, 9.17) is 0 Å². The predicted octanol–water partition coefficient (Wildman–Crippen LogP) is 2.85. The van der Waals surface area contributed by atoms with Gasteiger partial charge in [0, 0.05) is 6.54 Å². The van der Waals surface area contributed by atoms with Crippen LogP contribution < -0.4 is 10.6 Å². The van der Waals surface area contributed by atoms with E-state index < -0.39 is 0 Å². The Morgan fingerprint density at radius 2 is 2.21 bits per heavy atom. The van der Waals surface area contributed by atoms with E-state index in [2.05, 4.69) is 24.5 Å². The van der Waals surface area contributed by atoms with Crippen LogP contribution in [-0.2, 0) is 4.79 Å². The van der Waals surface area contributed by atoms with Crippen LogP contribution >= 0.6 is 0 Å². The van der Waals surface area contributed by atoms with Gasteiger partial charge < -0.3 is 10.6 Å². The second kappa shape index (κ2) is 6.74. The molecule has 1 saturated carbocycles. The molecular formula is C16H30N2O. The number of amides is 1. The standard InChI is InChI=1S/C16H30N2O/c1-3-16(9-5-10-18-16)15(19)17-11-8-14-7-4-6-13(2)12-14/h13-14,18H,3-12H2,1-2H3,(H,17,19). The van der Waals surface area contributed by atoms with E-state index in [1.54, 1.807) is 0 Å². The van der Waals surface area contributed by atoms with E-state index in [1.807, 2.05) is 0 Å². The molecule has 2 fully saturated rings. The summed E-state index contributed by atoms with van der Waals surface area (Å²) in [4.78, 5) is 12.3. The minimum atomic E-state index is -0.264. The van der Waals surface area contributed by atoms with Crippen molar-refractivity contribution in [3.63, 3.8) is 0 Å². The Morgan fingerprint density at radius 1 is 1.37 bits per heavy atom. The van der Waals surface area contributed by atoms with Crippen molar-refractivity contribution in [2.75, 3.05) is 13.1 Å². The van der Waals surface area contributed by atoms with E-state index in [0.29, 0.717) is 0 Å². The van der Waals surface area contributed by atoms with Gasteiger partial charge in [0.05, 0.1) is 5.54 Å². The van der Waals surface area contributed by atoms with Gasteiger partial charge in [0.15, 0.2) is 0 Å². The highest BCUT2D eigenvalue weighted by Crippen LogP contribution is 2.30. The minimum absolute atomic E-state index is 0.233. The summed E-state index contributed by atoms with van der Waals surface area (Å²) in [6.45, 7) is 6.32. The monoisotopic (exact) mass is 266 g/mol.